The van der Waals surface area contributed by atoms with Crippen molar-refractivity contribution >= 4 is 15.9 Å². The Morgan fingerprint density at radius 1 is 1.03 bits per heavy atom. The van der Waals surface area contributed by atoms with Crippen LogP contribution in [-0.2, 0) is 21.3 Å². The molecule has 7 nitrogen and oxygen atoms in total. The lowest BCUT2D eigenvalue weighted by atomic mass is 10.1. The van der Waals surface area contributed by atoms with Gasteiger partial charge in [-0.1, -0.05) is 30.3 Å². The Bertz CT molecular complexity index is 1020. The second-order valence-corrected chi connectivity index (χ2v) is 8.09. The molecule has 0 radical (unpaired) electrons. The van der Waals surface area contributed by atoms with E-state index in [1.54, 1.807) is 19.2 Å². The first kappa shape index (κ1) is 20.8. The lowest BCUT2D eigenvalue weighted by Gasteiger charge is -2.18. The molecule has 1 heterocycles. The van der Waals surface area contributed by atoms with Crippen molar-refractivity contribution in [1.29, 1.82) is 0 Å². The summed E-state index contributed by atoms with van der Waals surface area (Å²) >= 11 is 0. The second-order valence-electron chi connectivity index (χ2n) is 6.32. The first-order chi connectivity index (χ1) is 14.0. The third-order valence-electron chi connectivity index (χ3n) is 4.28. The number of amides is 1. The number of hydrogen-bond donors (Lipinski definition) is 2. The van der Waals surface area contributed by atoms with Crippen LogP contribution in [0.4, 0.5) is 0 Å². The van der Waals surface area contributed by atoms with Crippen LogP contribution in [0.3, 0.4) is 0 Å². The Hall–Kier alpha value is -2.94. The molecular formula is C21H22N2O5S. The van der Waals surface area contributed by atoms with Gasteiger partial charge in [0.15, 0.2) is 0 Å². The fourth-order valence-electron chi connectivity index (χ4n) is 2.76. The molecule has 1 atom stereocenters. The van der Waals surface area contributed by atoms with Crippen molar-refractivity contribution in [3.8, 4) is 0 Å². The van der Waals surface area contributed by atoms with E-state index in [9.17, 15) is 13.2 Å². The first-order valence-corrected chi connectivity index (χ1v) is 10.4. The van der Waals surface area contributed by atoms with Gasteiger partial charge < -0.3 is 14.5 Å². The molecule has 0 aliphatic heterocycles. The van der Waals surface area contributed by atoms with Gasteiger partial charge in [-0.3, -0.25) is 4.79 Å². The molecule has 0 unspecified atom stereocenters. The molecule has 3 aromatic rings. The zero-order valence-electron chi connectivity index (χ0n) is 15.9. The smallest absolute Gasteiger partial charge is 0.251 e. The fourth-order valence-corrected chi connectivity index (χ4v) is 3.76. The summed E-state index contributed by atoms with van der Waals surface area (Å²) in [6, 6.07) is 18.3. The van der Waals surface area contributed by atoms with Crippen molar-refractivity contribution in [3.05, 3.63) is 89.9 Å². The summed E-state index contributed by atoms with van der Waals surface area (Å²) < 4.78 is 37.6. The Morgan fingerprint density at radius 3 is 2.38 bits per heavy atom. The molecule has 0 aliphatic rings. The number of sulfonamides is 1. The molecule has 0 saturated heterocycles. The van der Waals surface area contributed by atoms with E-state index in [-0.39, 0.29) is 23.4 Å². The van der Waals surface area contributed by atoms with Crippen LogP contribution in [0.25, 0.3) is 0 Å². The normalized spacial score (nSPS) is 12.4. The van der Waals surface area contributed by atoms with Crippen LogP contribution in [-0.4, -0.2) is 28.0 Å². The highest BCUT2D eigenvalue weighted by Gasteiger charge is 2.18. The summed E-state index contributed by atoms with van der Waals surface area (Å²) in [5.41, 5.74) is 1.27. The van der Waals surface area contributed by atoms with E-state index in [0.29, 0.717) is 17.9 Å². The van der Waals surface area contributed by atoms with E-state index in [4.69, 9.17) is 9.15 Å². The molecular weight excluding hydrogens is 392 g/mol. The van der Waals surface area contributed by atoms with Crippen molar-refractivity contribution in [2.24, 2.45) is 0 Å². The van der Waals surface area contributed by atoms with Gasteiger partial charge in [0.1, 0.15) is 5.76 Å². The molecule has 0 fully saturated rings. The average Bonchev–Trinajstić information content (AvgIpc) is 3.26. The van der Waals surface area contributed by atoms with E-state index >= 15 is 0 Å². The van der Waals surface area contributed by atoms with Gasteiger partial charge in [0.05, 0.1) is 30.4 Å². The second kappa shape index (κ2) is 9.51. The average molecular weight is 414 g/mol. The minimum atomic E-state index is -3.72. The highest BCUT2D eigenvalue weighted by atomic mass is 32.2. The van der Waals surface area contributed by atoms with Crippen molar-refractivity contribution in [2.75, 3.05) is 13.7 Å². The summed E-state index contributed by atoms with van der Waals surface area (Å²) in [4.78, 5) is 12.7. The molecule has 0 bridgehead atoms. The molecule has 152 valence electrons. The Kier molecular flexibility index (Phi) is 6.82. The third kappa shape index (κ3) is 5.54. The van der Waals surface area contributed by atoms with Crippen molar-refractivity contribution in [2.45, 2.75) is 17.5 Å². The lowest BCUT2D eigenvalue weighted by Crippen LogP contribution is -2.31. The summed E-state index contributed by atoms with van der Waals surface area (Å²) in [6.45, 7) is 0.367. The molecule has 0 saturated carbocycles. The van der Waals surface area contributed by atoms with Gasteiger partial charge in [0.25, 0.3) is 5.91 Å². The minimum absolute atomic E-state index is 0.0490. The van der Waals surface area contributed by atoms with E-state index < -0.39 is 10.0 Å². The van der Waals surface area contributed by atoms with Gasteiger partial charge in [-0.25, -0.2) is 13.1 Å². The van der Waals surface area contributed by atoms with Gasteiger partial charge >= 0.3 is 0 Å². The number of rotatable bonds is 9. The largest absolute Gasteiger partial charge is 0.468 e. The monoisotopic (exact) mass is 414 g/mol. The zero-order chi connectivity index (χ0) is 20.7. The van der Waals surface area contributed by atoms with Gasteiger partial charge in [-0.05, 0) is 42.0 Å². The topological polar surface area (TPSA) is 97.6 Å². The Labute approximate surface area is 169 Å². The Balaban J connectivity index is 1.67. The molecule has 1 amide bonds. The van der Waals surface area contributed by atoms with Crippen LogP contribution in [0.15, 0.2) is 82.3 Å². The molecule has 8 heteroatoms. The van der Waals surface area contributed by atoms with Gasteiger partial charge in [0.2, 0.25) is 10.0 Å². The number of ether oxygens (including phenoxy) is 1. The fraction of sp³-hybridized carbons (Fsp3) is 0.190. The summed E-state index contributed by atoms with van der Waals surface area (Å²) in [5, 5.41) is 2.91. The van der Waals surface area contributed by atoms with Crippen LogP contribution in [0.5, 0.6) is 0 Å². The first-order valence-electron chi connectivity index (χ1n) is 8.96. The number of carbonyl (C=O) groups excluding carboxylic acids is 1. The highest BCUT2D eigenvalue weighted by molar-refractivity contribution is 7.89. The molecule has 0 aliphatic carbocycles. The quantitative estimate of drug-likeness (QED) is 0.561. The van der Waals surface area contributed by atoms with Crippen LogP contribution < -0.4 is 10.0 Å². The minimum Gasteiger partial charge on any atom is -0.468 e. The van der Waals surface area contributed by atoms with Crippen LogP contribution in [0, 0.1) is 0 Å². The number of nitrogens with one attached hydrogen (secondary N) is 2. The van der Waals surface area contributed by atoms with E-state index in [1.165, 1.54) is 30.5 Å². The lowest BCUT2D eigenvalue weighted by molar-refractivity contribution is 0.0896. The number of hydrogen-bond acceptors (Lipinski definition) is 5. The van der Waals surface area contributed by atoms with E-state index in [0.717, 1.165) is 5.56 Å². The van der Waals surface area contributed by atoms with E-state index in [2.05, 4.69) is 10.0 Å². The van der Waals surface area contributed by atoms with E-state index in [1.807, 2.05) is 30.3 Å². The van der Waals surface area contributed by atoms with Crippen LogP contribution in [0.1, 0.15) is 27.7 Å². The van der Waals surface area contributed by atoms with Crippen LogP contribution in [0.2, 0.25) is 0 Å². The van der Waals surface area contributed by atoms with Crippen molar-refractivity contribution in [3.63, 3.8) is 0 Å². The van der Waals surface area contributed by atoms with Crippen LogP contribution >= 0.6 is 0 Å². The van der Waals surface area contributed by atoms with Gasteiger partial charge in [-0.2, -0.15) is 0 Å². The summed E-state index contributed by atoms with van der Waals surface area (Å²) in [5.74, 6) is 0.193. The molecule has 2 aromatic carbocycles. The molecule has 3 rings (SSSR count). The van der Waals surface area contributed by atoms with Gasteiger partial charge in [-0.15, -0.1) is 0 Å². The number of benzene rings is 2. The number of furan rings is 1. The molecule has 1 aromatic heterocycles. The molecule has 29 heavy (non-hydrogen) atoms. The van der Waals surface area contributed by atoms with Crippen molar-refractivity contribution in [1.82, 2.24) is 10.0 Å². The Morgan fingerprint density at radius 2 is 1.76 bits per heavy atom. The molecule has 0 spiro atoms. The molecule has 2 N–H and O–H groups in total. The standard InChI is InChI=1S/C21H22N2O5S/c1-27-15-20(16-6-3-2-4-7-16)23-21(24)17-9-11-19(12-10-17)29(25,26)22-14-18-8-5-13-28-18/h2-13,20,22H,14-15H2,1H3,(H,23,24)/t20-/m1/s1. The van der Waals surface area contributed by atoms with Crippen molar-refractivity contribution < 1.29 is 22.4 Å². The maximum atomic E-state index is 12.6. The highest BCUT2D eigenvalue weighted by Crippen LogP contribution is 2.16. The summed E-state index contributed by atoms with van der Waals surface area (Å²) in [7, 11) is -2.15. The van der Waals surface area contributed by atoms with Gasteiger partial charge in [0, 0.05) is 12.7 Å². The predicted molar refractivity (Wildman–Crippen MR) is 108 cm³/mol. The SMILES string of the molecule is COC[C@@H](NC(=O)c1ccc(S(=O)(=O)NCc2ccco2)cc1)c1ccccc1. The summed E-state index contributed by atoms with van der Waals surface area (Å²) in [6.07, 6.45) is 1.48. The number of methoxy groups -OCH3 is 1. The maximum absolute atomic E-state index is 12.6. The maximum Gasteiger partial charge on any atom is 0.251 e. The predicted octanol–water partition coefficient (Wildman–Crippen LogP) is 2.88. The third-order valence-corrected chi connectivity index (χ3v) is 5.70. The number of carbonyl (C=O) groups is 1. The zero-order valence-corrected chi connectivity index (χ0v) is 16.7.